The smallest absolute Gasteiger partial charge is 0.258 e. The van der Waals surface area contributed by atoms with Crippen LogP contribution in [0.25, 0.3) is 0 Å². The summed E-state index contributed by atoms with van der Waals surface area (Å²) in [5, 5.41) is 2.69. The molecule has 1 amide bonds. The molecule has 1 aromatic heterocycles. The summed E-state index contributed by atoms with van der Waals surface area (Å²) in [7, 11) is 0. The quantitative estimate of drug-likeness (QED) is 0.643. The molecule has 3 N–H and O–H groups in total. The van der Waals surface area contributed by atoms with E-state index in [0.717, 1.165) is 5.56 Å². The van der Waals surface area contributed by atoms with Gasteiger partial charge in [0.2, 0.25) is 5.28 Å². The third-order valence-corrected chi connectivity index (χ3v) is 2.62. The van der Waals surface area contributed by atoms with Gasteiger partial charge in [-0.3, -0.25) is 4.79 Å². The Morgan fingerprint density at radius 2 is 2.17 bits per heavy atom. The van der Waals surface area contributed by atoms with Crippen LogP contribution >= 0.6 is 11.6 Å². The molecule has 0 bridgehead atoms. The van der Waals surface area contributed by atoms with Crippen LogP contribution in [0.2, 0.25) is 5.28 Å². The lowest BCUT2D eigenvalue weighted by molar-refractivity contribution is 0.102. The number of nitrogens with zero attached hydrogens (tertiary/aromatic N) is 2. The van der Waals surface area contributed by atoms with E-state index in [1.54, 1.807) is 18.2 Å². The number of anilines is 2. The molecule has 18 heavy (non-hydrogen) atoms. The SMILES string of the molecule is Cc1cccc(C(=O)Nc2ccnc(Cl)n2)c1N. The number of para-hydroxylation sites is 1. The Kier molecular flexibility index (Phi) is 3.43. The number of carbonyl (C=O) groups is 1. The fourth-order valence-electron chi connectivity index (χ4n) is 1.47. The maximum absolute atomic E-state index is 12.0. The van der Waals surface area contributed by atoms with Crippen molar-refractivity contribution in [2.45, 2.75) is 6.92 Å². The summed E-state index contributed by atoms with van der Waals surface area (Å²) in [6.07, 6.45) is 1.46. The summed E-state index contributed by atoms with van der Waals surface area (Å²) >= 11 is 5.63. The lowest BCUT2D eigenvalue weighted by Gasteiger charge is -2.08. The number of hydrogen-bond donors (Lipinski definition) is 2. The zero-order valence-electron chi connectivity index (χ0n) is 9.64. The van der Waals surface area contributed by atoms with Gasteiger partial charge in [-0.2, -0.15) is 0 Å². The molecule has 6 heteroatoms. The van der Waals surface area contributed by atoms with Gasteiger partial charge in [0.05, 0.1) is 5.56 Å². The van der Waals surface area contributed by atoms with Crippen LogP contribution in [0, 0.1) is 6.92 Å². The standard InChI is InChI=1S/C12H11ClN4O/c1-7-3-2-4-8(10(7)14)11(18)16-9-5-6-15-12(13)17-9/h2-6H,14H2,1H3,(H,15,16,17,18). The summed E-state index contributed by atoms with van der Waals surface area (Å²) in [4.78, 5) is 19.6. The van der Waals surface area contributed by atoms with Gasteiger partial charge in [-0.05, 0) is 36.2 Å². The number of aryl methyl sites for hydroxylation is 1. The zero-order valence-corrected chi connectivity index (χ0v) is 10.4. The Labute approximate surface area is 109 Å². The summed E-state index contributed by atoms with van der Waals surface area (Å²) in [5.41, 5.74) is 7.56. The van der Waals surface area contributed by atoms with Crippen LogP contribution in [-0.2, 0) is 0 Å². The largest absolute Gasteiger partial charge is 0.398 e. The number of carbonyl (C=O) groups excluding carboxylic acids is 1. The second-order valence-corrected chi connectivity index (χ2v) is 4.04. The van der Waals surface area contributed by atoms with E-state index in [4.69, 9.17) is 17.3 Å². The summed E-state index contributed by atoms with van der Waals surface area (Å²) in [6, 6.07) is 6.82. The first-order valence-corrected chi connectivity index (χ1v) is 5.60. The molecule has 0 saturated carbocycles. The van der Waals surface area contributed by atoms with Crippen molar-refractivity contribution in [1.29, 1.82) is 0 Å². The Balaban J connectivity index is 2.25. The van der Waals surface area contributed by atoms with Gasteiger partial charge < -0.3 is 11.1 Å². The van der Waals surface area contributed by atoms with Gasteiger partial charge in [-0.25, -0.2) is 9.97 Å². The van der Waals surface area contributed by atoms with Crippen molar-refractivity contribution < 1.29 is 4.79 Å². The van der Waals surface area contributed by atoms with Crippen LogP contribution in [0.5, 0.6) is 0 Å². The normalized spacial score (nSPS) is 10.1. The van der Waals surface area contributed by atoms with Crippen LogP contribution in [0.15, 0.2) is 30.5 Å². The van der Waals surface area contributed by atoms with Gasteiger partial charge in [-0.15, -0.1) is 0 Å². The Hall–Kier alpha value is -2.14. The minimum atomic E-state index is -0.328. The molecule has 92 valence electrons. The molecular formula is C12H11ClN4O. The molecule has 1 aromatic carbocycles. The third kappa shape index (κ3) is 2.57. The van der Waals surface area contributed by atoms with Crippen LogP contribution in [0.3, 0.4) is 0 Å². The topological polar surface area (TPSA) is 80.9 Å². The van der Waals surface area contributed by atoms with Gasteiger partial charge in [0.25, 0.3) is 5.91 Å². The second kappa shape index (κ2) is 5.01. The third-order valence-electron chi connectivity index (χ3n) is 2.44. The van der Waals surface area contributed by atoms with Gasteiger partial charge in [0.15, 0.2) is 0 Å². The molecule has 0 aliphatic rings. The summed E-state index contributed by atoms with van der Waals surface area (Å²) < 4.78 is 0. The number of nitrogens with two attached hydrogens (primary N) is 1. The van der Waals surface area contributed by atoms with Crippen molar-refractivity contribution >= 4 is 29.0 Å². The molecule has 0 aliphatic heterocycles. The number of halogens is 1. The average Bonchev–Trinajstić information content (AvgIpc) is 2.32. The van der Waals surface area contributed by atoms with E-state index in [1.807, 2.05) is 13.0 Å². The molecule has 5 nitrogen and oxygen atoms in total. The van der Waals surface area contributed by atoms with Crippen molar-refractivity contribution in [3.63, 3.8) is 0 Å². The molecule has 0 unspecified atom stereocenters. The maximum Gasteiger partial charge on any atom is 0.258 e. The Bertz CT molecular complexity index is 600. The predicted molar refractivity (Wildman–Crippen MR) is 70.6 cm³/mol. The molecule has 2 rings (SSSR count). The first-order valence-electron chi connectivity index (χ1n) is 5.23. The minimum absolute atomic E-state index is 0.0741. The number of benzene rings is 1. The zero-order chi connectivity index (χ0) is 13.1. The number of amides is 1. The first kappa shape index (κ1) is 12.3. The van der Waals surface area contributed by atoms with E-state index in [1.165, 1.54) is 6.20 Å². The van der Waals surface area contributed by atoms with Crippen LogP contribution < -0.4 is 11.1 Å². The van der Waals surface area contributed by atoms with Crippen LogP contribution in [-0.4, -0.2) is 15.9 Å². The van der Waals surface area contributed by atoms with E-state index >= 15 is 0 Å². The van der Waals surface area contributed by atoms with Crippen molar-refractivity contribution in [3.05, 3.63) is 46.9 Å². The van der Waals surface area contributed by atoms with E-state index in [9.17, 15) is 4.79 Å². The molecule has 0 spiro atoms. The van der Waals surface area contributed by atoms with Gasteiger partial charge in [-0.1, -0.05) is 12.1 Å². The van der Waals surface area contributed by atoms with Crippen molar-refractivity contribution in [2.75, 3.05) is 11.1 Å². The molecule has 0 atom stereocenters. The predicted octanol–water partition coefficient (Wildman–Crippen LogP) is 2.27. The first-order chi connectivity index (χ1) is 8.58. The highest BCUT2D eigenvalue weighted by Gasteiger charge is 2.11. The second-order valence-electron chi connectivity index (χ2n) is 3.70. The Morgan fingerprint density at radius 1 is 1.39 bits per heavy atom. The highest BCUT2D eigenvalue weighted by Crippen LogP contribution is 2.17. The lowest BCUT2D eigenvalue weighted by Crippen LogP contribution is -2.15. The number of rotatable bonds is 2. The highest BCUT2D eigenvalue weighted by molar-refractivity contribution is 6.28. The highest BCUT2D eigenvalue weighted by atomic mass is 35.5. The van der Waals surface area contributed by atoms with Gasteiger partial charge >= 0.3 is 0 Å². The number of aromatic nitrogens is 2. The molecule has 1 heterocycles. The number of hydrogen-bond acceptors (Lipinski definition) is 4. The lowest BCUT2D eigenvalue weighted by atomic mass is 10.1. The Morgan fingerprint density at radius 3 is 2.89 bits per heavy atom. The molecule has 2 aromatic rings. The van der Waals surface area contributed by atoms with E-state index in [0.29, 0.717) is 17.1 Å². The minimum Gasteiger partial charge on any atom is -0.398 e. The number of nitrogen functional groups attached to an aromatic ring is 1. The van der Waals surface area contributed by atoms with Crippen molar-refractivity contribution in [1.82, 2.24) is 9.97 Å². The molecule has 0 fully saturated rings. The molecule has 0 saturated heterocycles. The monoisotopic (exact) mass is 262 g/mol. The van der Waals surface area contributed by atoms with E-state index in [-0.39, 0.29) is 11.2 Å². The molecular weight excluding hydrogens is 252 g/mol. The maximum atomic E-state index is 12.0. The molecule has 0 radical (unpaired) electrons. The number of nitrogens with one attached hydrogen (secondary N) is 1. The van der Waals surface area contributed by atoms with Crippen molar-refractivity contribution in [2.24, 2.45) is 0 Å². The van der Waals surface area contributed by atoms with Crippen LogP contribution in [0.1, 0.15) is 15.9 Å². The van der Waals surface area contributed by atoms with Crippen LogP contribution in [0.4, 0.5) is 11.5 Å². The van der Waals surface area contributed by atoms with E-state index in [2.05, 4.69) is 15.3 Å². The average molecular weight is 263 g/mol. The van der Waals surface area contributed by atoms with E-state index < -0.39 is 0 Å². The van der Waals surface area contributed by atoms with Gasteiger partial charge in [0.1, 0.15) is 5.82 Å². The summed E-state index contributed by atoms with van der Waals surface area (Å²) in [5.74, 6) is 0.00636. The molecule has 0 aliphatic carbocycles. The summed E-state index contributed by atoms with van der Waals surface area (Å²) in [6.45, 7) is 1.84. The fourth-order valence-corrected chi connectivity index (χ4v) is 1.61. The fraction of sp³-hybridized carbons (Fsp3) is 0.0833. The van der Waals surface area contributed by atoms with Crippen molar-refractivity contribution in [3.8, 4) is 0 Å². The van der Waals surface area contributed by atoms with Gasteiger partial charge in [0, 0.05) is 11.9 Å².